The molecule has 2 rings (SSSR count). The quantitative estimate of drug-likeness (QED) is 0.684. The highest BCUT2D eigenvalue weighted by atomic mass is 14.8. The molecule has 0 fully saturated rings. The summed E-state index contributed by atoms with van der Waals surface area (Å²) in [5.74, 6) is 0. The lowest BCUT2D eigenvalue weighted by molar-refractivity contribution is 0.972. The number of dihydropyridines is 1. The average Bonchev–Trinajstić information content (AvgIpc) is 2.47. The van der Waals surface area contributed by atoms with E-state index in [1.54, 1.807) is 0 Å². The summed E-state index contributed by atoms with van der Waals surface area (Å²) in [6, 6.07) is 10.3. The number of hydrogen-bond acceptors (Lipinski definition) is 1. The highest BCUT2D eigenvalue weighted by molar-refractivity contribution is 5.11. The molecule has 1 aromatic carbocycles. The van der Waals surface area contributed by atoms with E-state index >= 15 is 0 Å². The molecule has 1 nitrogen and oxygen atoms in total. The van der Waals surface area contributed by atoms with Crippen molar-refractivity contribution in [2.45, 2.75) is 34.6 Å². The monoisotopic (exact) mass is 233 g/mol. The van der Waals surface area contributed by atoms with Gasteiger partial charge in [-0.3, -0.25) is 0 Å². The fourth-order valence-electron chi connectivity index (χ4n) is 0.941. The first-order chi connectivity index (χ1) is 8.39. The third kappa shape index (κ3) is 14.5. The number of nitrogens with one attached hydrogen (secondary N) is 1. The van der Waals surface area contributed by atoms with E-state index in [4.69, 9.17) is 0 Å². The molecule has 0 unspecified atom stereocenters. The van der Waals surface area contributed by atoms with Crippen LogP contribution in [-0.4, -0.2) is 6.54 Å². The fourth-order valence-corrected chi connectivity index (χ4v) is 0.941. The molecule has 0 radical (unpaired) electrons. The Morgan fingerprint density at radius 3 is 1.65 bits per heavy atom. The SMILES string of the molecule is C1=CCNC=C1.CC.CC.Cc1ccccc1. The van der Waals surface area contributed by atoms with Crippen molar-refractivity contribution in [1.82, 2.24) is 5.32 Å². The van der Waals surface area contributed by atoms with E-state index < -0.39 is 0 Å². The van der Waals surface area contributed by atoms with Crippen molar-refractivity contribution in [2.75, 3.05) is 6.54 Å². The van der Waals surface area contributed by atoms with E-state index in [0.29, 0.717) is 0 Å². The summed E-state index contributed by atoms with van der Waals surface area (Å²) in [6.45, 7) is 11.1. The molecule has 1 N–H and O–H groups in total. The van der Waals surface area contributed by atoms with E-state index in [2.05, 4.69) is 30.4 Å². The molecule has 1 heterocycles. The Morgan fingerprint density at radius 2 is 1.47 bits per heavy atom. The molecule has 0 saturated carbocycles. The van der Waals surface area contributed by atoms with Crippen LogP contribution in [-0.2, 0) is 0 Å². The minimum Gasteiger partial charge on any atom is -0.387 e. The van der Waals surface area contributed by atoms with Crippen LogP contribution in [0.3, 0.4) is 0 Å². The van der Waals surface area contributed by atoms with Crippen LogP contribution in [0.2, 0.25) is 0 Å². The lowest BCUT2D eigenvalue weighted by Crippen LogP contribution is -2.05. The Kier molecular flexibility index (Phi) is 17.8. The number of hydrogen-bond donors (Lipinski definition) is 1. The first kappa shape index (κ1) is 17.9. The second-order valence-corrected chi connectivity index (χ2v) is 2.85. The molecule has 1 aliphatic rings. The zero-order valence-electron chi connectivity index (χ0n) is 11.9. The maximum absolute atomic E-state index is 3.02. The molecule has 1 aliphatic heterocycles. The predicted octanol–water partition coefficient (Wildman–Crippen LogP) is 4.71. The lowest BCUT2D eigenvalue weighted by Gasteiger charge is -1.94. The van der Waals surface area contributed by atoms with Gasteiger partial charge in [-0.25, -0.2) is 0 Å². The second-order valence-electron chi connectivity index (χ2n) is 2.85. The van der Waals surface area contributed by atoms with Crippen molar-refractivity contribution < 1.29 is 0 Å². The van der Waals surface area contributed by atoms with E-state index in [0.717, 1.165) is 6.54 Å². The van der Waals surface area contributed by atoms with Gasteiger partial charge >= 0.3 is 0 Å². The number of benzene rings is 1. The van der Waals surface area contributed by atoms with E-state index in [9.17, 15) is 0 Å². The molecule has 0 aliphatic carbocycles. The predicted molar refractivity (Wildman–Crippen MR) is 80.2 cm³/mol. The van der Waals surface area contributed by atoms with Gasteiger partial charge in [-0.2, -0.15) is 0 Å². The van der Waals surface area contributed by atoms with Gasteiger partial charge in [-0.05, 0) is 19.2 Å². The summed E-state index contributed by atoms with van der Waals surface area (Å²) in [6.07, 6.45) is 8.00. The smallest absolute Gasteiger partial charge is 0.0328 e. The summed E-state index contributed by atoms with van der Waals surface area (Å²) in [5.41, 5.74) is 1.32. The van der Waals surface area contributed by atoms with Crippen LogP contribution >= 0.6 is 0 Å². The van der Waals surface area contributed by atoms with Crippen molar-refractivity contribution >= 4 is 0 Å². The minimum atomic E-state index is 0.983. The molecular weight excluding hydrogens is 206 g/mol. The van der Waals surface area contributed by atoms with Crippen molar-refractivity contribution in [2.24, 2.45) is 0 Å². The van der Waals surface area contributed by atoms with Gasteiger partial charge in [0.15, 0.2) is 0 Å². The molecule has 0 amide bonds. The topological polar surface area (TPSA) is 12.0 Å². The largest absolute Gasteiger partial charge is 0.387 e. The number of rotatable bonds is 0. The maximum atomic E-state index is 3.02. The van der Waals surface area contributed by atoms with Gasteiger partial charge in [0.05, 0.1) is 0 Å². The Balaban J connectivity index is 0. The van der Waals surface area contributed by atoms with Crippen molar-refractivity contribution in [3.8, 4) is 0 Å². The fraction of sp³-hybridized carbons (Fsp3) is 0.375. The molecule has 0 atom stereocenters. The van der Waals surface area contributed by atoms with Crippen LogP contribution in [0, 0.1) is 6.92 Å². The number of aryl methyl sites for hydroxylation is 1. The van der Waals surface area contributed by atoms with Crippen LogP contribution in [0.15, 0.2) is 54.8 Å². The van der Waals surface area contributed by atoms with Crippen LogP contribution in [0.4, 0.5) is 0 Å². The van der Waals surface area contributed by atoms with E-state index in [-0.39, 0.29) is 0 Å². The second kappa shape index (κ2) is 16.9. The van der Waals surface area contributed by atoms with Crippen LogP contribution in [0.25, 0.3) is 0 Å². The Hall–Kier alpha value is -1.50. The van der Waals surface area contributed by atoms with Crippen molar-refractivity contribution in [3.05, 3.63) is 60.3 Å². The Morgan fingerprint density at radius 1 is 0.882 bits per heavy atom. The summed E-state index contributed by atoms with van der Waals surface area (Å²) in [4.78, 5) is 0. The molecular formula is C16H27N. The van der Waals surface area contributed by atoms with Gasteiger partial charge in [0, 0.05) is 6.54 Å². The van der Waals surface area contributed by atoms with Gasteiger partial charge in [0.2, 0.25) is 0 Å². The van der Waals surface area contributed by atoms with Gasteiger partial charge in [0.25, 0.3) is 0 Å². The van der Waals surface area contributed by atoms with E-state index in [1.807, 2.05) is 64.2 Å². The van der Waals surface area contributed by atoms with Crippen LogP contribution in [0.5, 0.6) is 0 Å². The highest BCUT2D eigenvalue weighted by Gasteiger charge is 1.73. The van der Waals surface area contributed by atoms with Crippen LogP contribution in [0.1, 0.15) is 33.3 Å². The molecule has 0 saturated heterocycles. The molecule has 17 heavy (non-hydrogen) atoms. The molecule has 0 bridgehead atoms. The highest BCUT2D eigenvalue weighted by Crippen LogP contribution is 1.92. The Bertz CT molecular complexity index is 261. The zero-order chi connectivity index (χ0) is 13.4. The lowest BCUT2D eigenvalue weighted by atomic mass is 10.2. The molecule has 1 aromatic rings. The minimum absolute atomic E-state index is 0.983. The van der Waals surface area contributed by atoms with Gasteiger partial charge in [0.1, 0.15) is 0 Å². The van der Waals surface area contributed by atoms with E-state index in [1.165, 1.54) is 5.56 Å². The zero-order valence-corrected chi connectivity index (χ0v) is 11.9. The van der Waals surface area contributed by atoms with Gasteiger partial charge in [-0.15, -0.1) is 0 Å². The average molecular weight is 233 g/mol. The normalized spacial score (nSPS) is 10.4. The van der Waals surface area contributed by atoms with Gasteiger partial charge in [-0.1, -0.05) is 75.7 Å². The first-order valence-electron chi connectivity index (χ1n) is 6.46. The van der Waals surface area contributed by atoms with Crippen molar-refractivity contribution in [3.63, 3.8) is 0 Å². The maximum Gasteiger partial charge on any atom is 0.0328 e. The summed E-state index contributed by atoms with van der Waals surface area (Å²) in [7, 11) is 0. The number of allylic oxidation sites excluding steroid dienone is 2. The van der Waals surface area contributed by atoms with Crippen LogP contribution < -0.4 is 5.32 Å². The summed E-state index contributed by atoms with van der Waals surface area (Å²) < 4.78 is 0. The molecule has 96 valence electrons. The molecule has 0 aromatic heterocycles. The Labute approximate surface area is 107 Å². The standard InChI is InChI=1S/C7H8.C5H7N.2C2H6/c1-7-5-3-2-4-6-7;1-2-4-6-5-3-1;2*1-2/h2-6H,1H3;1-4,6H,5H2;2*1-2H3. The third-order valence-electron chi connectivity index (χ3n) is 1.64. The molecule has 0 spiro atoms. The summed E-state index contributed by atoms with van der Waals surface area (Å²) >= 11 is 0. The molecule has 1 heteroatoms. The van der Waals surface area contributed by atoms with Gasteiger partial charge < -0.3 is 5.32 Å². The van der Waals surface area contributed by atoms with Crippen molar-refractivity contribution in [1.29, 1.82) is 0 Å². The third-order valence-corrected chi connectivity index (χ3v) is 1.64. The first-order valence-corrected chi connectivity index (χ1v) is 6.46. The summed E-state index contributed by atoms with van der Waals surface area (Å²) in [5, 5.41) is 3.02.